The molecule has 0 radical (unpaired) electrons. The molecule has 0 aliphatic heterocycles. The fourth-order valence-corrected chi connectivity index (χ4v) is 1.86. The largest absolute Gasteiger partial charge is 0.383 e. The van der Waals surface area contributed by atoms with Crippen LogP contribution in [0, 0.1) is 0 Å². The first-order valence-electron chi connectivity index (χ1n) is 4.66. The van der Waals surface area contributed by atoms with Crippen LogP contribution in [0.4, 0.5) is 0 Å². The zero-order chi connectivity index (χ0) is 12.1. The normalized spacial score (nSPS) is 12.2. The fraction of sp³-hybridized carbons (Fsp3) is 0.167. The molecule has 0 N–H and O–H groups in total. The van der Waals surface area contributed by atoms with Crippen molar-refractivity contribution in [3.63, 3.8) is 0 Å². The van der Waals surface area contributed by atoms with Gasteiger partial charge in [0, 0.05) is 28.6 Å². The maximum absolute atomic E-state index is 6.05. The number of allylic oxidation sites excluding steroid dienone is 2. The summed E-state index contributed by atoms with van der Waals surface area (Å²) in [7, 11) is 3.93. The molecule has 1 rings (SSSR count). The van der Waals surface area contributed by atoms with Crippen molar-refractivity contribution in [3.05, 3.63) is 50.6 Å². The summed E-state index contributed by atoms with van der Waals surface area (Å²) in [5.41, 5.74) is 0.932. The Balaban J connectivity index is 2.90. The molecule has 1 aromatic carbocycles. The van der Waals surface area contributed by atoms with E-state index in [9.17, 15) is 0 Å². The van der Waals surface area contributed by atoms with Crippen molar-refractivity contribution in [3.8, 4) is 0 Å². The lowest BCUT2D eigenvalue weighted by Gasteiger charge is -2.03. The molecule has 0 aromatic heterocycles. The van der Waals surface area contributed by atoms with Crippen LogP contribution in [0.1, 0.15) is 5.56 Å². The second-order valence-corrected chi connectivity index (χ2v) is 5.23. The second-order valence-electron chi connectivity index (χ2n) is 3.47. The van der Waals surface area contributed by atoms with Crippen molar-refractivity contribution in [1.29, 1.82) is 0 Å². The van der Waals surface area contributed by atoms with Crippen molar-refractivity contribution in [2.24, 2.45) is 0 Å². The van der Waals surface area contributed by atoms with Gasteiger partial charge in [-0.05, 0) is 36.0 Å². The average Bonchev–Trinajstić information content (AvgIpc) is 2.19. The lowest BCUT2D eigenvalue weighted by Crippen LogP contribution is -1.99. The van der Waals surface area contributed by atoms with E-state index in [0.29, 0.717) is 10.0 Å². The molecule has 16 heavy (non-hydrogen) atoms. The summed E-state index contributed by atoms with van der Waals surface area (Å²) in [5, 5.41) is 1.28. The summed E-state index contributed by atoms with van der Waals surface area (Å²) >= 11 is 15.3. The first-order chi connectivity index (χ1) is 7.49. The standard InChI is InChI=1S/C12H12BrCl2N/c1-16(2)6-5-10(13)7-9-3-4-11(14)8-12(9)15/h3-8H,1-2H3. The Labute approximate surface area is 114 Å². The highest BCUT2D eigenvalue weighted by atomic mass is 79.9. The average molecular weight is 321 g/mol. The van der Waals surface area contributed by atoms with Crippen molar-refractivity contribution in [2.45, 2.75) is 0 Å². The Bertz CT molecular complexity index is 425. The van der Waals surface area contributed by atoms with E-state index in [-0.39, 0.29) is 0 Å². The maximum atomic E-state index is 6.05. The molecular weight excluding hydrogens is 309 g/mol. The molecule has 0 amide bonds. The molecule has 0 bridgehead atoms. The monoisotopic (exact) mass is 319 g/mol. The van der Waals surface area contributed by atoms with Crippen molar-refractivity contribution < 1.29 is 0 Å². The van der Waals surface area contributed by atoms with Crippen LogP contribution in [0.2, 0.25) is 10.0 Å². The van der Waals surface area contributed by atoms with Crippen LogP contribution in [-0.2, 0) is 0 Å². The maximum Gasteiger partial charge on any atom is 0.0493 e. The highest BCUT2D eigenvalue weighted by Gasteiger charge is 1.98. The van der Waals surface area contributed by atoms with Crippen molar-refractivity contribution in [1.82, 2.24) is 4.90 Å². The number of halogens is 3. The predicted molar refractivity (Wildman–Crippen MR) is 76.2 cm³/mol. The first-order valence-corrected chi connectivity index (χ1v) is 6.21. The molecule has 0 unspecified atom stereocenters. The van der Waals surface area contributed by atoms with Gasteiger partial charge in [0.25, 0.3) is 0 Å². The summed E-state index contributed by atoms with van der Waals surface area (Å²) in [6, 6.07) is 5.43. The smallest absolute Gasteiger partial charge is 0.0493 e. The molecule has 0 fully saturated rings. The Hall–Kier alpha value is -0.440. The minimum absolute atomic E-state index is 0.641. The molecule has 0 saturated heterocycles. The summed E-state index contributed by atoms with van der Waals surface area (Å²) in [6.07, 6.45) is 5.84. The van der Waals surface area contributed by atoms with Crippen LogP contribution in [0.5, 0.6) is 0 Å². The zero-order valence-electron chi connectivity index (χ0n) is 9.05. The molecule has 0 aliphatic carbocycles. The van der Waals surface area contributed by atoms with E-state index in [1.807, 2.05) is 49.5 Å². The van der Waals surface area contributed by atoms with Gasteiger partial charge in [0.2, 0.25) is 0 Å². The Kier molecular flexibility index (Phi) is 5.39. The van der Waals surface area contributed by atoms with Gasteiger partial charge in [-0.1, -0.05) is 45.2 Å². The van der Waals surface area contributed by atoms with Gasteiger partial charge in [-0.2, -0.15) is 0 Å². The quantitative estimate of drug-likeness (QED) is 0.723. The van der Waals surface area contributed by atoms with Gasteiger partial charge in [-0.3, -0.25) is 0 Å². The summed E-state index contributed by atoms with van der Waals surface area (Å²) < 4.78 is 0.949. The summed E-state index contributed by atoms with van der Waals surface area (Å²) in [6.45, 7) is 0. The zero-order valence-corrected chi connectivity index (χ0v) is 12.1. The number of hydrogen-bond acceptors (Lipinski definition) is 1. The number of hydrogen-bond donors (Lipinski definition) is 0. The highest BCUT2D eigenvalue weighted by Crippen LogP contribution is 2.24. The van der Waals surface area contributed by atoms with Crippen molar-refractivity contribution >= 4 is 45.2 Å². The van der Waals surface area contributed by atoms with E-state index in [1.165, 1.54) is 0 Å². The van der Waals surface area contributed by atoms with Gasteiger partial charge in [0.1, 0.15) is 0 Å². The molecule has 0 heterocycles. The second kappa shape index (κ2) is 6.33. The van der Waals surface area contributed by atoms with E-state index in [2.05, 4.69) is 15.9 Å². The van der Waals surface area contributed by atoms with E-state index in [4.69, 9.17) is 23.2 Å². The van der Waals surface area contributed by atoms with Gasteiger partial charge < -0.3 is 4.90 Å². The first kappa shape index (κ1) is 13.6. The van der Waals surface area contributed by atoms with E-state index in [0.717, 1.165) is 10.0 Å². The molecule has 1 aromatic rings. The number of rotatable bonds is 3. The van der Waals surface area contributed by atoms with E-state index in [1.54, 1.807) is 6.07 Å². The highest BCUT2D eigenvalue weighted by molar-refractivity contribution is 9.12. The lowest BCUT2D eigenvalue weighted by molar-refractivity contribution is 0.564. The third-order valence-corrected chi connectivity index (χ3v) is 2.84. The molecule has 0 aliphatic rings. The summed E-state index contributed by atoms with van der Waals surface area (Å²) in [4.78, 5) is 1.96. The number of nitrogens with zero attached hydrogens (tertiary/aromatic N) is 1. The van der Waals surface area contributed by atoms with Gasteiger partial charge in [0.05, 0.1) is 0 Å². The third-order valence-electron chi connectivity index (χ3n) is 1.79. The van der Waals surface area contributed by atoms with E-state index >= 15 is 0 Å². The Morgan fingerprint density at radius 2 is 2.00 bits per heavy atom. The molecule has 0 atom stereocenters. The van der Waals surface area contributed by atoms with Gasteiger partial charge >= 0.3 is 0 Å². The van der Waals surface area contributed by atoms with Crippen LogP contribution >= 0.6 is 39.1 Å². The lowest BCUT2D eigenvalue weighted by atomic mass is 10.2. The molecule has 86 valence electrons. The summed E-state index contributed by atoms with van der Waals surface area (Å²) in [5.74, 6) is 0. The Morgan fingerprint density at radius 3 is 2.56 bits per heavy atom. The van der Waals surface area contributed by atoms with Crippen LogP contribution < -0.4 is 0 Å². The van der Waals surface area contributed by atoms with Crippen LogP contribution in [0.15, 0.2) is 35.0 Å². The van der Waals surface area contributed by atoms with Crippen molar-refractivity contribution in [2.75, 3.05) is 14.1 Å². The molecule has 0 saturated carbocycles. The van der Waals surface area contributed by atoms with E-state index < -0.39 is 0 Å². The predicted octanol–water partition coefficient (Wildman–Crippen LogP) is 4.80. The topological polar surface area (TPSA) is 3.24 Å². The fourth-order valence-electron chi connectivity index (χ4n) is 1.04. The molecule has 1 nitrogen and oxygen atoms in total. The SMILES string of the molecule is CN(C)C=CC(Br)=Cc1ccc(Cl)cc1Cl. The van der Waals surface area contributed by atoms with Crippen LogP contribution in [0.3, 0.4) is 0 Å². The van der Waals surface area contributed by atoms with Gasteiger partial charge in [-0.25, -0.2) is 0 Å². The minimum atomic E-state index is 0.641. The minimum Gasteiger partial charge on any atom is -0.383 e. The Morgan fingerprint density at radius 1 is 1.31 bits per heavy atom. The van der Waals surface area contributed by atoms with Crippen LogP contribution in [-0.4, -0.2) is 19.0 Å². The van der Waals surface area contributed by atoms with Gasteiger partial charge in [0.15, 0.2) is 0 Å². The molecule has 4 heteroatoms. The van der Waals surface area contributed by atoms with Gasteiger partial charge in [-0.15, -0.1) is 0 Å². The van der Waals surface area contributed by atoms with Crippen LogP contribution in [0.25, 0.3) is 6.08 Å². The third kappa shape index (κ3) is 4.60. The number of benzene rings is 1. The molecule has 0 spiro atoms. The molecular formula is C12H12BrCl2N.